The molecule has 1 saturated heterocycles. The number of H-pyrrole nitrogens is 1. The molecule has 96 valence electrons. The second kappa shape index (κ2) is 4.53. The number of aromatic amines is 1. The number of hydrogen-bond donors (Lipinski definition) is 1. The lowest BCUT2D eigenvalue weighted by molar-refractivity contribution is 0.192. The van der Waals surface area contributed by atoms with E-state index in [1.807, 2.05) is 6.92 Å². The highest BCUT2D eigenvalue weighted by atomic mass is 16.5. The molecule has 0 amide bonds. The molecule has 1 unspecified atom stereocenters. The molecule has 0 bridgehead atoms. The van der Waals surface area contributed by atoms with Crippen LogP contribution in [0.5, 0.6) is 0 Å². The third-order valence-corrected chi connectivity index (χ3v) is 3.40. The van der Waals surface area contributed by atoms with Crippen LogP contribution in [-0.4, -0.2) is 33.6 Å². The Bertz CT molecular complexity index is 540. The molecule has 6 nitrogen and oxygen atoms in total. The van der Waals surface area contributed by atoms with Crippen molar-refractivity contribution in [3.8, 4) is 11.6 Å². The molecular formula is C12H16N4O2. The van der Waals surface area contributed by atoms with Gasteiger partial charge in [0.25, 0.3) is 5.89 Å². The fraction of sp³-hybridized carbons (Fsp3) is 0.583. The van der Waals surface area contributed by atoms with Gasteiger partial charge in [0, 0.05) is 23.8 Å². The van der Waals surface area contributed by atoms with Gasteiger partial charge in [0.05, 0.1) is 6.61 Å². The monoisotopic (exact) mass is 248 g/mol. The van der Waals surface area contributed by atoms with Crippen LogP contribution >= 0.6 is 0 Å². The minimum absolute atomic E-state index is 0.257. The van der Waals surface area contributed by atoms with Gasteiger partial charge in [-0.25, -0.2) is 0 Å². The molecule has 3 heterocycles. The molecule has 1 atom stereocenters. The summed E-state index contributed by atoms with van der Waals surface area (Å²) in [6.45, 7) is 5.55. The second-order valence-electron chi connectivity index (χ2n) is 4.55. The number of ether oxygens (including phenoxy) is 1. The predicted molar refractivity (Wildman–Crippen MR) is 64.2 cm³/mol. The smallest absolute Gasteiger partial charge is 0.278 e. The number of nitrogens with one attached hydrogen (secondary N) is 1. The molecule has 0 aromatic carbocycles. The molecule has 1 aliphatic heterocycles. The summed E-state index contributed by atoms with van der Waals surface area (Å²) in [5.41, 5.74) is 2.94. The first-order chi connectivity index (χ1) is 8.79. The zero-order chi connectivity index (χ0) is 12.5. The number of aromatic nitrogens is 4. The maximum absolute atomic E-state index is 5.33. The number of aryl methyl sites for hydroxylation is 1. The van der Waals surface area contributed by atoms with Crippen molar-refractivity contribution in [2.45, 2.75) is 32.6 Å². The average molecular weight is 248 g/mol. The van der Waals surface area contributed by atoms with Crippen LogP contribution in [0.1, 0.15) is 36.3 Å². The maximum Gasteiger partial charge on any atom is 0.278 e. The molecule has 0 radical (unpaired) electrons. The van der Waals surface area contributed by atoms with E-state index in [1.54, 1.807) is 0 Å². The molecule has 0 spiro atoms. The standard InChI is InChI=1S/C12H16N4O2/c1-3-9-7(2)10(15-14-9)12-13-11(16-18-12)8-4-5-17-6-8/h8H,3-6H2,1-2H3,(H,14,15). The highest BCUT2D eigenvalue weighted by Gasteiger charge is 2.24. The summed E-state index contributed by atoms with van der Waals surface area (Å²) in [7, 11) is 0. The first-order valence-corrected chi connectivity index (χ1v) is 6.25. The first kappa shape index (κ1) is 11.4. The third kappa shape index (κ3) is 1.82. The van der Waals surface area contributed by atoms with Crippen molar-refractivity contribution >= 4 is 0 Å². The lowest BCUT2D eigenvalue weighted by Crippen LogP contribution is -1.99. The number of nitrogens with zero attached hydrogens (tertiary/aromatic N) is 3. The van der Waals surface area contributed by atoms with E-state index in [9.17, 15) is 0 Å². The van der Waals surface area contributed by atoms with Crippen LogP contribution in [0, 0.1) is 6.92 Å². The van der Waals surface area contributed by atoms with Gasteiger partial charge in [-0.3, -0.25) is 5.10 Å². The van der Waals surface area contributed by atoms with E-state index in [-0.39, 0.29) is 5.92 Å². The molecule has 1 aliphatic rings. The van der Waals surface area contributed by atoms with Gasteiger partial charge >= 0.3 is 0 Å². The summed E-state index contributed by atoms with van der Waals surface area (Å²) in [6.07, 6.45) is 1.87. The summed E-state index contributed by atoms with van der Waals surface area (Å²) in [6, 6.07) is 0. The van der Waals surface area contributed by atoms with E-state index in [2.05, 4.69) is 27.3 Å². The van der Waals surface area contributed by atoms with Crippen LogP contribution in [0.4, 0.5) is 0 Å². The Labute approximate surface area is 105 Å². The maximum atomic E-state index is 5.33. The van der Waals surface area contributed by atoms with Crippen LogP contribution in [0.15, 0.2) is 4.52 Å². The van der Waals surface area contributed by atoms with Gasteiger partial charge in [-0.05, 0) is 19.8 Å². The van der Waals surface area contributed by atoms with E-state index in [0.29, 0.717) is 12.5 Å². The molecule has 1 N–H and O–H groups in total. The topological polar surface area (TPSA) is 76.8 Å². The van der Waals surface area contributed by atoms with E-state index in [1.165, 1.54) is 0 Å². The molecule has 3 rings (SSSR count). The van der Waals surface area contributed by atoms with Gasteiger partial charge in [0.1, 0.15) is 0 Å². The first-order valence-electron chi connectivity index (χ1n) is 6.25. The van der Waals surface area contributed by atoms with Crippen molar-refractivity contribution < 1.29 is 9.26 Å². The van der Waals surface area contributed by atoms with Crippen molar-refractivity contribution in [3.63, 3.8) is 0 Å². The van der Waals surface area contributed by atoms with Crippen molar-refractivity contribution in [2.24, 2.45) is 0 Å². The molecule has 18 heavy (non-hydrogen) atoms. The van der Waals surface area contributed by atoms with Crippen LogP contribution in [-0.2, 0) is 11.2 Å². The van der Waals surface area contributed by atoms with E-state index in [4.69, 9.17) is 9.26 Å². The Kier molecular flexibility index (Phi) is 2.87. The predicted octanol–water partition coefficient (Wildman–Crippen LogP) is 1.83. The van der Waals surface area contributed by atoms with Crippen LogP contribution in [0.25, 0.3) is 11.6 Å². The Morgan fingerprint density at radius 2 is 2.33 bits per heavy atom. The van der Waals surface area contributed by atoms with Gasteiger partial charge < -0.3 is 9.26 Å². The highest BCUT2D eigenvalue weighted by Crippen LogP contribution is 2.26. The molecular weight excluding hydrogens is 232 g/mol. The van der Waals surface area contributed by atoms with Crippen LogP contribution in [0.2, 0.25) is 0 Å². The lowest BCUT2D eigenvalue weighted by atomic mass is 10.1. The summed E-state index contributed by atoms with van der Waals surface area (Å²) >= 11 is 0. The van der Waals surface area contributed by atoms with Gasteiger partial charge in [-0.2, -0.15) is 10.1 Å². The second-order valence-corrected chi connectivity index (χ2v) is 4.55. The van der Waals surface area contributed by atoms with Crippen molar-refractivity contribution in [1.82, 2.24) is 20.3 Å². The van der Waals surface area contributed by atoms with Gasteiger partial charge in [0.2, 0.25) is 0 Å². The highest BCUT2D eigenvalue weighted by molar-refractivity contribution is 5.53. The van der Waals surface area contributed by atoms with Crippen molar-refractivity contribution in [1.29, 1.82) is 0 Å². The minimum Gasteiger partial charge on any atom is -0.381 e. The van der Waals surface area contributed by atoms with Gasteiger partial charge in [-0.15, -0.1) is 0 Å². The molecule has 0 saturated carbocycles. The van der Waals surface area contributed by atoms with Crippen molar-refractivity contribution in [3.05, 3.63) is 17.1 Å². The number of rotatable bonds is 3. The molecule has 0 aliphatic carbocycles. The fourth-order valence-electron chi connectivity index (χ4n) is 2.22. The summed E-state index contributed by atoms with van der Waals surface area (Å²) in [5, 5.41) is 11.3. The molecule has 1 fully saturated rings. The van der Waals surface area contributed by atoms with Gasteiger partial charge in [0.15, 0.2) is 11.5 Å². The largest absolute Gasteiger partial charge is 0.381 e. The SMILES string of the molecule is CCc1[nH]nc(-c2nc(C3CCOC3)no2)c1C. The van der Waals surface area contributed by atoms with E-state index >= 15 is 0 Å². The lowest BCUT2D eigenvalue weighted by Gasteiger charge is -1.97. The molecule has 2 aromatic rings. The van der Waals surface area contributed by atoms with E-state index in [0.717, 1.165) is 42.2 Å². The Balaban J connectivity index is 1.90. The summed E-state index contributed by atoms with van der Waals surface area (Å²) in [4.78, 5) is 4.43. The van der Waals surface area contributed by atoms with Gasteiger partial charge in [-0.1, -0.05) is 12.1 Å². The Morgan fingerprint density at radius 1 is 1.44 bits per heavy atom. The van der Waals surface area contributed by atoms with Crippen LogP contribution < -0.4 is 0 Å². The summed E-state index contributed by atoms with van der Waals surface area (Å²) < 4.78 is 10.6. The third-order valence-electron chi connectivity index (χ3n) is 3.40. The van der Waals surface area contributed by atoms with Crippen molar-refractivity contribution in [2.75, 3.05) is 13.2 Å². The zero-order valence-electron chi connectivity index (χ0n) is 10.6. The summed E-state index contributed by atoms with van der Waals surface area (Å²) in [5.74, 6) is 1.47. The zero-order valence-corrected chi connectivity index (χ0v) is 10.6. The fourth-order valence-corrected chi connectivity index (χ4v) is 2.22. The minimum atomic E-state index is 0.257. The van der Waals surface area contributed by atoms with Crippen LogP contribution in [0.3, 0.4) is 0 Å². The Morgan fingerprint density at radius 3 is 3.00 bits per heavy atom. The Hall–Kier alpha value is -1.69. The average Bonchev–Trinajstić information content (AvgIpc) is 3.08. The molecule has 6 heteroatoms. The number of hydrogen-bond acceptors (Lipinski definition) is 5. The normalized spacial score (nSPS) is 19.6. The van der Waals surface area contributed by atoms with E-state index < -0.39 is 0 Å². The molecule has 2 aromatic heterocycles. The quantitative estimate of drug-likeness (QED) is 0.896.